The molecular weight excluding hydrogens is 534 g/mol. The summed E-state index contributed by atoms with van der Waals surface area (Å²) >= 11 is 0. The highest BCUT2D eigenvalue weighted by atomic mass is 32.2. The predicted octanol–water partition coefficient (Wildman–Crippen LogP) is 4.82. The molecule has 0 spiro atoms. The number of piperazine rings is 1. The molecule has 0 N–H and O–H groups in total. The summed E-state index contributed by atoms with van der Waals surface area (Å²) in [5, 5.41) is 9.44. The number of hydrogen-bond acceptors (Lipinski definition) is 6. The fourth-order valence-electron chi connectivity index (χ4n) is 7.05. The van der Waals surface area contributed by atoms with Crippen LogP contribution in [0, 0.1) is 41.9 Å². The lowest BCUT2D eigenvalue weighted by atomic mass is 9.71. The zero-order valence-corrected chi connectivity index (χ0v) is 24.7. The summed E-state index contributed by atoms with van der Waals surface area (Å²) in [7, 11) is -7.59. The predicted molar refractivity (Wildman–Crippen MR) is 149 cm³/mol. The second kappa shape index (κ2) is 9.88. The van der Waals surface area contributed by atoms with Gasteiger partial charge in [0.1, 0.15) is 16.4 Å². The Hall–Kier alpha value is -2.45. The van der Waals surface area contributed by atoms with E-state index in [1.165, 1.54) is 26.8 Å². The van der Waals surface area contributed by atoms with E-state index in [1.807, 2.05) is 38.1 Å². The topological polar surface area (TPSA) is 108 Å². The highest BCUT2D eigenvalue weighted by Crippen LogP contribution is 2.66. The molecule has 3 aliphatic rings. The van der Waals surface area contributed by atoms with Crippen LogP contribution in [0.25, 0.3) is 0 Å². The lowest BCUT2D eigenvalue weighted by Crippen LogP contribution is -2.52. The van der Waals surface area contributed by atoms with Gasteiger partial charge in [0, 0.05) is 26.2 Å². The minimum atomic E-state index is -4.05. The van der Waals surface area contributed by atoms with Gasteiger partial charge in [-0.1, -0.05) is 19.9 Å². The molecular formula is C29H37N3O5S2. The molecule has 210 valence electrons. The number of sulfonamides is 2. The molecule has 5 rings (SSSR count). The fraction of sp³-hybridized carbons (Fsp3) is 0.552. The summed E-state index contributed by atoms with van der Waals surface area (Å²) < 4.78 is 63.4. The van der Waals surface area contributed by atoms with E-state index in [9.17, 15) is 22.1 Å². The van der Waals surface area contributed by atoms with Crippen LogP contribution in [-0.4, -0.2) is 57.4 Å². The van der Waals surface area contributed by atoms with E-state index in [0.717, 1.165) is 36.8 Å². The maximum atomic E-state index is 13.8. The van der Waals surface area contributed by atoms with E-state index in [4.69, 9.17) is 4.74 Å². The van der Waals surface area contributed by atoms with Gasteiger partial charge < -0.3 is 4.74 Å². The van der Waals surface area contributed by atoms with Crippen molar-refractivity contribution in [3.63, 3.8) is 0 Å². The number of nitrogens with zero attached hydrogens (tertiary/aromatic N) is 3. The highest BCUT2D eigenvalue weighted by molar-refractivity contribution is 7.89. The molecule has 3 fully saturated rings. The SMILES string of the molecule is Cc1cc(C)cc(Oc2ccc(C#N)cc2S(=O)(=O)N2CCN(S(=O)(=O)CC34CCC(CC3)C4(C)C)CC2)c1. The van der Waals surface area contributed by atoms with Crippen molar-refractivity contribution in [2.24, 2.45) is 16.7 Å². The Morgan fingerprint density at radius 1 is 0.923 bits per heavy atom. The van der Waals surface area contributed by atoms with Crippen LogP contribution in [0.1, 0.15) is 56.2 Å². The van der Waals surface area contributed by atoms with E-state index in [0.29, 0.717) is 11.7 Å². The largest absolute Gasteiger partial charge is 0.456 e. The van der Waals surface area contributed by atoms with Crippen molar-refractivity contribution in [2.45, 2.75) is 58.3 Å². The molecule has 0 radical (unpaired) electrons. The second-order valence-electron chi connectivity index (χ2n) is 12.0. The first-order valence-electron chi connectivity index (χ1n) is 13.6. The van der Waals surface area contributed by atoms with Crippen LogP contribution < -0.4 is 4.74 Å². The van der Waals surface area contributed by atoms with Gasteiger partial charge >= 0.3 is 0 Å². The molecule has 0 unspecified atom stereocenters. The quantitative estimate of drug-likeness (QED) is 0.472. The number of benzene rings is 2. The molecule has 0 aromatic heterocycles. The van der Waals surface area contributed by atoms with Crippen LogP contribution in [0.2, 0.25) is 0 Å². The van der Waals surface area contributed by atoms with Crippen LogP contribution in [0.3, 0.4) is 0 Å². The standard InChI is InChI=1S/C29H37N3O5S2/c1-21-15-22(2)17-25(16-21)37-26-6-5-23(19-30)18-27(26)39(35,36)32-13-11-31(12-14-32)38(33,34)20-29-9-7-24(8-10-29)28(29,3)4/h5-6,15-18,24H,7-14,20H2,1-4H3. The Morgan fingerprint density at radius 2 is 1.51 bits per heavy atom. The Morgan fingerprint density at radius 3 is 2.05 bits per heavy atom. The maximum absolute atomic E-state index is 13.8. The molecule has 1 aliphatic heterocycles. The molecule has 39 heavy (non-hydrogen) atoms. The van der Waals surface area contributed by atoms with Crippen molar-refractivity contribution in [3.8, 4) is 17.6 Å². The van der Waals surface area contributed by atoms with Crippen LogP contribution in [0.15, 0.2) is 41.3 Å². The van der Waals surface area contributed by atoms with E-state index < -0.39 is 20.0 Å². The first-order chi connectivity index (χ1) is 18.3. The second-order valence-corrected chi connectivity index (χ2v) is 15.9. The van der Waals surface area contributed by atoms with Crippen LogP contribution >= 0.6 is 0 Å². The molecule has 2 saturated carbocycles. The van der Waals surface area contributed by atoms with E-state index in [2.05, 4.69) is 13.8 Å². The first-order valence-corrected chi connectivity index (χ1v) is 16.6. The Labute approximate surface area is 232 Å². The summed E-state index contributed by atoms with van der Waals surface area (Å²) in [5.41, 5.74) is 1.97. The summed E-state index contributed by atoms with van der Waals surface area (Å²) in [6.07, 6.45) is 4.05. The van der Waals surface area contributed by atoms with Crippen molar-refractivity contribution in [1.82, 2.24) is 8.61 Å². The van der Waals surface area contributed by atoms with Crippen molar-refractivity contribution in [3.05, 3.63) is 53.1 Å². The number of aryl methyl sites for hydroxylation is 2. The third-order valence-corrected chi connectivity index (χ3v) is 13.5. The molecule has 2 bridgehead atoms. The Kier molecular flexibility index (Phi) is 7.11. The van der Waals surface area contributed by atoms with Crippen LogP contribution in [0.5, 0.6) is 11.5 Å². The van der Waals surface area contributed by atoms with Gasteiger partial charge in [0.2, 0.25) is 20.0 Å². The number of fused-ring (bicyclic) bond motifs is 2. The fourth-order valence-corrected chi connectivity index (χ4v) is 10.9. The van der Waals surface area contributed by atoms with Crippen LogP contribution in [-0.2, 0) is 20.0 Å². The third kappa shape index (κ3) is 4.99. The van der Waals surface area contributed by atoms with E-state index in [1.54, 1.807) is 0 Å². The van der Waals surface area contributed by atoms with Gasteiger partial charge in [-0.15, -0.1) is 0 Å². The number of nitriles is 1. The summed E-state index contributed by atoms with van der Waals surface area (Å²) in [4.78, 5) is -0.0967. The van der Waals surface area contributed by atoms with E-state index in [-0.39, 0.29) is 59.0 Å². The molecule has 1 saturated heterocycles. The summed E-state index contributed by atoms with van der Waals surface area (Å²) in [6.45, 7) is 8.58. The van der Waals surface area contributed by atoms with Gasteiger partial charge in [0.15, 0.2) is 0 Å². The van der Waals surface area contributed by atoms with Gasteiger partial charge in [0.05, 0.1) is 17.4 Å². The Balaban J connectivity index is 1.35. The van der Waals surface area contributed by atoms with Crippen molar-refractivity contribution in [2.75, 3.05) is 31.9 Å². The normalized spacial score (nSPS) is 25.5. The molecule has 10 heteroatoms. The first kappa shape index (κ1) is 28.1. The number of hydrogen-bond donors (Lipinski definition) is 0. The molecule has 2 aliphatic carbocycles. The van der Waals surface area contributed by atoms with Gasteiger partial charge in [-0.3, -0.25) is 0 Å². The lowest BCUT2D eigenvalue weighted by Gasteiger charge is -2.40. The average Bonchev–Trinajstić information content (AvgIpc) is 3.25. The molecule has 0 atom stereocenters. The minimum Gasteiger partial charge on any atom is -0.456 e. The monoisotopic (exact) mass is 571 g/mol. The third-order valence-electron chi connectivity index (χ3n) is 9.49. The molecule has 2 aromatic carbocycles. The maximum Gasteiger partial charge on any atom is 0.246 e. The molecule has 2 aromatic rings. The average molecular weight is 572 g/mol. The van der Waals surface area contributed by atoms with Gasteiger partial charge in [-0.2, -0.15) is 13.9 Å². The van der Waals surface area contributed by atoms with E-state index >= 15 is 0 Å². The zero-order chi connectivity index (χ0) is 28.2. The Bertz CT molecular complexity index is 1510. The molecule has 8 nitrogen and oxygen atoms in total. The van der Waals surface area contributed by atoms with Crippen LogP contribution in [0.4, 0.5) is 0 Å². The van der Waals surface area contributed by atoms with Crippen molar-refractivity contribution in [1.29, 1.82) is 5.26 Å². The molecule has 1 heterocycles. The lowest BCUT2D eigenvalue weighted by molar-refractivity contribution is 0.152. The smallest absolute Gasteiger partial charge is 0.246 e. The number of rotatable bonds is 7. The zero-order valence-electron chi connectivity index (χ0n) is 23.1. The van der Waals surface area contributed by atoms with Crippen molar-refractivity contribution >= 4 is 20.0 Å². The number of ether oxygens (including phenoxy) is 1. The molecule has 0 amide bonds. The summed E-state index contributed by atoms with van der Waals surface area (Å²) in [5.74, 6) is 1.35. The minimum absolute atomic E-state index is 0.00320. The van der Waals surface area contributed by atoms with Crippen molar-refractivity contribution < 1.29 is 21.6 Å². The van der Waals surface area contributed by atoms with Gasteiger partial charge in [0.25, 0.3) is 0 Å². The van der Waals surface area contributed by atoms with Gasteiger partial charge in [-0.05, 0) is 97.7 Å². The summed E-state index contributed by atoms with van der Waals surface area (Å²) in [6, 6.07) is 12.0. The van der Waals surface area contributed by atoms with Gasteiger partial charge in [-0.25, -0.2) is 16.8 Å². The highest BCUT2D eigenvalue weighted by Gasteiger charge is 2.60.